The van der Waals surface area contributed by atoms with Gasteiger partial charge in [-0.05, 0) is 55.7 Å². The van der Waals surface area contributed by atoms with Gasteiger partial charge >= 0.3 is 6.03 Å². The van der Waals surface area contributed by atoms with Crippen molar-refractivity contribution in [1.29, 1.82) is 0 Å². The molecule has 2 aromatic rings. The van der Waals surface area contributed by atoms with Gasteiger partial charge in [-0.1, -0.05) is 18.2 Å². The Morgan fingerprint density at radius 1 is 1.12 bits per heavy atom. The molecular formula is C22H23FN4O5S. The first kappa shape index (κ1) is 22.9. The molecule has 2 fully saturated rings. The van der Waals surface area contributed by atoms with E-state index in [0.29, 0.717) is 18.7 Å². The predicted molar refractivity (Wildman–Crippen MR) is 117 cm³/mol. The molecule has 0 saturated carbocycles. The Morgan fingerprint density at radius 2 is 1.79 bits per heavy atom. The van der Waals surface area contributed by atoms with E-state index < -0.39 is 45.8 Å². The molecule has 4 rings (SSSR count). The van der Waals surface area contributed by atoms with Gasteiger partial charge in [-0.3, -0.25) is 14.5 Å². The summed E-state index contributed by atoms with van der Waals surface area (Å²) < 4.78 is 40.1. The highest BCUT2D eigenvalue weighted by Gasteiger charge is 2.49. The van der Waals surface area contributed by atoms with Gasteiger partial charge in [-0.25, -0.2) is 17.6 Å². The van der Waals surface area contributed by atoms with E-state index in [1.54, 1.807) is 0 Å². The first-order valence-electron chi connectivity index (χ1n) is 10.4. The van der Waals surface area contributed by atoms with Crippen LogP contribution in [0.2, 0.25) is 0 Å². The summed E-state index contributed by atoms with van der Waals surface area (Å²) in [6.45, 7) is 1.82. The number of imide groups is 1. The van der Waals surface area contributed by atoms with Crippen LogP contribution in [0.1, 0.15) is 25.3 Å². The van der Waals surface area contributed by atoms with Crippen LogP contribution < -0.4 is 10.6 Å². The van der Waals surface area contributed by atoms with Gasteiger partial charge < -0.3 is 10.6 Å². The second-order valence-corrected chi connectivity index (χ2v) is 10.1. The zero-order chi connectivity index (χ0) is 23.8. The minimum atomic E-state index is -3.66. The van der Waals surface area contributed by atoms with E-state index in [9.17, 15) is 27.2 Å². The van der Waals surface area contributed by atoms with Gasteiger partial charge in [0.25, 0.3) is 5.91 Å². The van der Waals surface area contributed by atoms with Crippen molar-refractivity contribution >= 4 is 33.6 Å². The minimum absolute atomic E-state index is 0.0566. The molecule has 174 valence electrons. The number of anilines is 1. The molecule has 2 aliphatic heterocycles. The smallest absolute Gasteiger partial charge is 0.324 e. The first-order valence-corrected chi connectivity index (χ1v) is 11.9. The summed E-state index contributed by atoms with van der Waals surface area (Å²) >= 11 is 0. The van der Waals surface area contributed by atoms with Crippen molar-refractivity contribution in [1.82, 2.24) is 14.5 Å². The first-order chi connectivity index (χ1) is 15.6. The van der Waals surface area contributed by atoms with Gasteiger partial charge in [0.05, 0.1) is 4.90 Å². The van der Waals surface area contributed by atoms with E-state index in [-0.39, 0.29) is 10.6 Å². The Labute approximate surface area is 190 Å². The molecule has 4 amide bonds. The van der Waals surface area contributed by atoms with Crippen LogP contribution in [0.5, 0.6) is 0 Å². The maximum atomic E-state index is 13.2. The zero-order valence-corrected chi connectivity index (χ0v) is 18.7. The van der Waals surface area contributed by atoms with Crippen molar-refractivity contribution in [2.24, 2.45) is 0 Å². The lowest BCUT2D eigenvalue weighted by Gasteiger charge is -2.22. The largest absolute Gasteiger partial charge is 0.325 e. The molecule has 2 aliphatic rings. The fraction of sp³-hybridized carbons (Fsp3) is 0.318. The third-order valence-corrected chi connectivity index (χ3v) is 7.71. The lowest BCUT2D eigenvalue weighted by atomic mass is 9.92. The molecule has 2 N–H and O–H groups in total. The molecule has 11 heteroatoms. The van der Waals surface area contributed by atoms with Crippen LogP contribution in [0.25, 0.3) is 0 Å². The Morgan fingerprint density at radius 3 is 2.45 bits per heavy atom. The fourth-order valence-corrected chi connectivity index (χ4v) is 5.54. The number of halogens is 1. The van der Waals surface area contributed by atoms with E-state index in [0.717, 1.165) is 17.7 Å². The average Bonchev–Trinajstić information content (AvgIpc) is 3.39. The number of carbonyl (C=O) groups excluding carboxylic acids is 3. The molecule has 1 unspecified atom stereocenters. The van der Waals surface area contributed by atoms with Crippen molar-refractivity contribution in [3.05, 3.63) is 59.9 Å². The number of carbonyl (C=O) groups is 3. The summed E-state index contributed by atoms with van der Waals surface area (Å²) in [7, 11) is -3.66. The molecule has 0 aliphatic carbocycles. The Bertz CT molecular complexity index is 1210. The predicted octanol–water partition coefficient (Wildman–Crippen LogP) is 2.02. The lowest BCUT2D eigenvalue weighted by molar-refractivity contribution is -0.133. The van der Waals surface area contributed by atoms with Crippen LogP contribution in [-0.4, -0.2) is 55.1 Å². The second-order valence-electron chi connectivity index (χ2n) is 8.14. The number of benzene rings is 2. The van der Waals surface area contributed by atoms with Gasteiger partial charge in [-0.15, -0.1) is 0 Å². The molecule has 2 aromatic carbocycles. The molecule has 1 atom stereocenters. The summed E-state index contributed by atoms with van der Waals surface area (Å²) in [6.07, 6.45) is 1.61. The van der Waals surface area contributed by atoms with Gasteiger partial charge in [-0.2, -0.15) is 4.31 Å². The molecular weight excluding hydrogens is 451 g/mol. The van der Waals surface area contributed by atoms with Crippen molar-refractivity contribution in [2.45, 2.75) is 30.2 Å². The topological polar surface area (TPSA) is 116 Å². The lowest BCUT2D eigenvalue weighted by Crippen LogP contribution is -2.42. The zero-order valence-electron chi connectivity index (χ0n) is 17.9. The molecule has 33 heavy (non-hydrogen) atoms. The Balaban J connectivity index is 1.46. The highest BCUT2D eigenvalue weighted by atomic mass is 32.2. The normalized spacial score (nSPS) is 21.3. The summed E-state index contributed by atoms with van der Waals surface area (Å²) in [4.78, 5) is 38.7. The number of nitrogens with one attached hydrogen (secondary N) is 2. The van der Waals surface area contributed by atoms with Crippen molar-refractivity contribution < 1.29 is 27.2 Å². The minimum Gasteiger partial charge on any atom is -0.324 e. The Kier molecular flexibility index (Phi) is 5.93. The number of nitrogens with zero attached hydrogens (tertiary/aromatic N) is 2. The quantitative estimate of drug-likeness (QED) is 0.622. The van der Waals surface area contributed by atoms with Crippen LogP contribution in [0.3, 0.4) is 0 Å². The van der Waals surface area contributed by atoms with Crippen LogP contribution >= 0.6 is 0 Å². The number of amides is 4. The van der Waals surface area contributed by atoms with Crippen LogP contribution in [-0.2, 0) is 25.2 Å². The number of sulfonamides is 1. The maximum Gasteiger partial charge on any atom is 0.325 e. The van der Waals surface area contributed by atoms with Crippen molar-refractivity contribution in [3.63, 3.8) is 0 Å². The highest BCUT2D eigenvalue weighted by Crippen LogP contribution is 2.29. The molecule has 2 heterocycles. The number of hydrogen-bond acceptors (Lipinski definition) is 5. The van der Waals surface area contributed by atoms with Gasteiger partial charge in [0.1, 0.15) is 17.9 Å². The summed E-state index contributed by atoms with van der Waals surface area (Å²) in [5.41, 5.74) is -0.826. The summed E-state index contributed by atoms with van der Waals surface area (Å²) in [6, 6.07) is 10.2. The SMILES string of the molecule is CC1(c2ccc(F)cc2)NC(=O)N(CC(=O)Nc2cccc(S(=O)(=O)N3CCCC3)c2)C1=O. The van der Waals surface area contributed by atoms with Crippen LogP contribution in [0, 0.1) is 5.82 Å². The highest BCUT2D eigenvalue weighted by molar-refractivity contribution is 7.89. The monoisotopic (exact) mass is 474 g/mol. The summed E-state index contributed by atoms with van der Waals surface area (Å²) in [5, 5.41) is 5.09. The van der Waals surface area contributed by atoms with Gasteiger partial charge in [0.15, 0.2) is 0 Å². The molecule has 0 bridgehead atoms. The van der Waals surface area contributed by atoms with E-state index in [2.05, 4.69) is 10.6 Å². The van der Waals surface area contributed by atoms with Crippen molar-refractivity contribution in [3.8, 4) is 0 Å². The third kappa shape index (κ3) is 4.33. The summed E-state index contributed by atoms with van der Waals surface area (Å²) in [5.74, 6) is -1.80. The van der Waals surface area contributed by atoms with E-state index in [1.807, 2.05) is 0 Å². The van der Waals surface area contributed by atoms with Gasteiger partial charge in [0, 0.05) is 18.8 Å². The van der Waals surface area contributed by atoms with E-state index in [4.69, 9.17) is 0 Å². The van der Waals surface area contributed by atoms with Crippen molar-refractivity contribution in [2.75, 3.05) is 25.0 Å². The van der Waals surface area contributed by atoms with Crippen LogP contribution in [0.15, 0.2) is 53.4 Å². The third-order valence-electron chi connectivity index (χ3n) is 5.82. The Hall–Kier alpha value is -3.31. The molecule has 2 saturated heterocycles. The fourth-order valence-electron chi connectivity index (χ4n) is 3.98. The molecule has 0 radical (unpaired) electrons. The average molecular weight is 475 g/mol. The number of urea groups is 1. The van der Waals surface area contributed by atoms with E-state index in [1.165, 1.54) is 59.8 Å². The standard InChI is InChI=1S/C22H23FN4O5S/c1-22(15-7-9-16(23)10-8-15)20(29)27(21(30)25-22)14-19(28)24-17-5-4-6-18(13-17)33(31,32)26-11-2-3-12-26/h4-10,13H,2-3,11-12,14H2,1H3,(H,24,28)(H,25,30). The number of hydrogen-bond donors (Lipinski definition) is 2. The second kappa shape index (κ2) is 8.56. The molecule has 9 nitrogen and oxygen atoms in total. The molecule has 0 spiro atoms. The number of rotatable bonds is 6. The van der Waals surface area contributed by atoms with Gasteiger partial charge in [0.2, 0.25) is 15.9 Å². The van der Waals surface area contributed by atoms with Crippen LogP contribution in [0.4, 0.5) is 14.9 Å². The molecule has 0 aromatic heterocycles. The maximum absolute atomic E-state index is 13.2. The van der Waals surface area contributed by atoms with E-state index >= 15 is 0 Å².